The maximum Gasteiger partial charge on any atom is 0.353 e. The standard InChI is InChI=1S/C21H21F2NO4/c1-2-28-18-11-7-6-10-17(18)21(22,23)20(27)24-12-15(16(13-24)19(25)26)14-8-4-3-5-9-14/h3-11,15-16H,2,12-13H2,1H3,(H,25,26)/t15-,16-/m0/s1. The quantitative estimate of drug-likeness (QED) is 0.821. The average molecular weight is 389 g/mol. The van der Waals surface area contributed by atoms with Crippen LogP contribution in [0, 0.1) is 5.92 Å². The summed E-state index contributed by atoms with van der Waals surface area (Å²) >= 11 is 0. The van der Waals surface area contributed by atoms with Crippen molar-refractivity contribution in [2.45, 2.75) is 18.8 Å². The van der Waals surface area contributed by atoms with Crippen molar-refractivity contribution in [3.05, 3.63) is 65.7 Å². The minimum atomic E-state index is -3.82. The number of nitrogens with zero attached hydrogens (tertiary/aromatic N) is 1. The number of hydrogen-bond donors (Lipinski definition) is 1. The monoisotopic (exact) mass is 389 g/mol. The van der Waals surface area contributed by atoms with Gasteiger partial charge in [-0.1, -0.05) is 42.5 Å². The number of amides is 1. The lowest BCUT2D eigenvalue weighted by molar-refractivity contribution is -0.158. The molecule has 5 nitrogen and oxygen atoms in total. The van der Waals surface area contributed by atoms with E-state index in [4.69, 9.17) is 4.74 Å². The molecule has 0 aromatic heterocycles. The second-order valence-corrected chi connectivity index (χ2v) is 6.68. The molecule has 1 aliphatic rings. The summed E-state index contributed by atoms with van der Waals surface area (Å²) in [6, 6.07) is 14.3. The van der Waals surface area contributed by atoms with E-state index in [0.717, 1.165) is 11.0 Å². The maximum atomic E-state index is 15.0. The summed E-state index contributed by atoms with van der Waals surface area (Å²) < 4.78 is 35.3. The Labute approximate surface area is 161 Å². The summed E-state index contributed by atoms with van der Waals surface area (Å²) in [7, 11) is 0. The van der Waals surface area contributed by atoms with Gasteiger partial charge >= 0.3 is 11.9 Å². The highest BCUT2D eigenvalue weighted by Gasteiger charge is 2.50. The van der Waals surface area contributed by atoms with Crippen molar-refractivity contribution >= 4 is 11.9 Å². The van der Waals surface area contributed by atoms with Gasteiger partial charge in [0.05, 0.1) is 18.1 Å². The lowest BCUT2D eigenvalue weighted by atomic mass is 9.89. The number of hydrogen-bond acceptors (Lipinski definition) is 3. The molecule has 1 saturated heterocycles. The van der Waals surface area contributed by atoms with Gasteiger partial charge in [-0.3, -0.25) is 9.59 Å². The number of carbonyl (C=O) groups is 2. The summed E-state index contributed by atoms with van der Waals surface area (Å²) in [4.78, 5) is 25.3. The fourth-order valence-corrected chi connectivity index (χ4v) is 3.58. The van der Waals surface area contributed by atoms with E-state index in [0.29, 0.717) is 5.56 Å². The first-order valence-electron chi connectivity index (χ1n) is 9.03. The number of benzene rings is 2. The number of para-hydroxylation sites is 1. The van der Waals surface area contributed by atoms with E-state index < -0.39 is 35.2 Å². The molecule has 7 heteroatoms. The Morgan fingerprint density at radius 1 is 1.11 bits per heavy atom. The Morgan fingerprint density at radius 2 is 1.75 bits per heavy atom. The van der Waals surface area contributed by atoms with Gasteiger partial charge in [-0.2, -0.15) is 8.78 Å². The van der Waals surface area contributed by atoms with Crippen LogP contribution in [-0.4, -0.2) is 41.6 Å². The SMILES string of the molecule is CCOc1ccccc1C(F)(F)C(=O)N1C[C@H](C(=O)O)[C@H](c2ccccc2)C1. The number of alkyl halides is 2. The van der Waals surface area contributed by atoms with Crippen molar-refractivity contribution in [3.63, 3.8) is 0 Å². The number of carbonyl (C=O) groups excluding carboxylic acids is 1. The van der Waals surface area contributed by atoms with Crippen molar-refractivity contribution in [2.24, 2.45) is 5.92 Å². The highest BCUT2D eigenvalue weighted by Crippen LogP contribution is 2.40. The van der Waals surface area contributed by atoms with Crippen LogP contribution < -0.4 is 4.74 Å². The Bertz CT molecular complexity index is 856. The van der Waals surface area contributed by atoms with Gasteiger partial charge in [0.25, 0.3) is 5.91 Å². The topological polar surface area (TPSA) is 66.8 Å². The van der Waals surface area contributed by atoms with Crippen LogP contribution >= 0.6 is 0 Å². The van der Waals surface area contributed by atoms with Gasteiger partial charge in [-0.05, 0) is 24.6 Å². The molecule has 3 rings (SSSR count). The normalized spacial score (nSPS) is 19.5. The molecule has 1 N–H and O–H groups in total. The zero-order chi connectivity index (χ0) is 20.3. The van der Waals surface area contributed by atoms with Crippen molar-refractivity contribution in [2.75, 3.05) is 19.7 Å². The molecule has 1 heterocycles. The smallest absolute Gasteiger partial charge is 0.353 e. The van der Waals surface area contributed by atoms with Crippen LogP contribution in [0.1, 0.15) is 24.0 Å². The van der Waals surface area contributed by atoms with Crippen molar-refractivity contribution in [1.82, 2.24) is 4.90 Å². The van der Waals surface area contributed by atoms with E-state index in [-0.39, 0.29) is 25.4 Å². The highest BCUT2D eigenvalue weighted by atomic mass is 19.3. The largest absolute Gasteiger partial charge is 0.493 e. The average Bonchev–Trinajstić information content (AvgIpc) is 3.14. The number of halogens is 2. The third kappa shape index (κ3) is 3.69. The summed E-state index contributed by atoms with van der Waals surface area (Å²) in [6.07, 6.45) is 0. The number of rotatable bonds is 6. The van der Waals surface area contributed by atoms with Crippen molar-refractivity contribution in [3.8, 4) is 5.75 Å². The molecule has 0 spiro atoms. The zero-order valence-corrected chi connectivity index (χ0v) is 15.3. The van der Waals surface area contributed by atoms with Crippen LogP contribution in [0.2, 0.25) is 0 Å². The maximum absolute atomic E-state index is 15.0. The van der Waals surface area contributed by atoms with Crippen molar-refractivity contribution < 1.29 is 28.2 Å². The Morgan fingerprint density at radius 3 is 2.39 bits per heavy atom. The summed E-state index contributed by atoms with van der Waals surface area (Å²) in [5, 5.41) is 9.53. The van der Waals surface area contributed by atoms with Crippen LogP contribution in [0.15, 0.2) is 54.6 Å². The van der Waals surface area contributed by atoms with Gasteiger partial charge in [0, 0.05) is 19.0 Å². The number of carboxylic acid groups (broad SMARTS) is 1. The van der Waals surface area contributed by atoms with Crippen LogP contribution in [0.4, 0.5) is 8.78 Å². The third-order valence-corrected chi connectivity index (χ3v) is 4.95. The molecule has 1 amide bonds. The van der Waals surface area contributed by atoms with Gasteiger partial charge in [0.1, 0.15) is 5.75 Å². The second-order valence-electron chi connectivity index (χ2n) is 6.68. The van der Waals surface area contributed by atoms with E-state index in [2.05, 4.69) is 0 Å². The minimum absolute atomic E-state index is 0.0584. The first kappa shape index (κ1) is 19.8. The van der Waals surface area contributed by atoms with E-state index in [1.807, 2.05) is 0 Å². The summed E-state index contributed by atoms with van der Waals surface area (Å²) in [5.41, 5.74) is 0.195. The number of likely N-dealkylation sites (tertiary alicyclic amines) is 1. The molecule has 0 bridgehead atoms. The second kappa shape index (κ2) is 7.96. The predicted molar refractivity (Wildman–Crippen MR) is 98.4 cm³/mol. The van der Waals surface area contributed by atoms with Gasteiger partial charge in [-0.15, -0.1) is 0 Å². The highest BCUT2D eigenvalue weighted by molar-refractivity contribution is 5.87. The van der Waals surface area contributed by atoms with Crippen LogP contribution in [-0.2, 0) is 15.5 Å². The molecular weight excluding hydrogens is 368 g/mol. The first-order valence-corrected chi connectivity index (χ1v) is 9.03. The minimum Gasteiger partial charge on any atom is -0.493 e. The fourth-order valence-electron chi connectivity index (χ4n) is 3.58. The first-order chi connectivity index (χ1) is 13.4. The Kier molecular flexibility index (Phi) is 5.63. The summed E-state index contributed by atoms with van der Waals surface area (Å²) in [6.45, 7) is 1.51. The number of aliphatic carboxylic acids is 1. The van der Waals surface area contributed by atoms with Gasteiger partial charge in [0.2, 0.25) is 0 Å². The Balaban J connectivity index is 1.89. The molecule has 1 fully saturated rings. The van der Waals surface area contributed by atoms with Crippen LogP contribution in [0.25, 0.3) is 0 Å². The van der Waals surface area contributed by atoms with E-state index in [9.17, 15) is 14.7 Å². The molecule has 28 heavy (non-hydrogen) atoms. The lowest BCUT2D eigenvalue weighted by Crippen LogP contribution is -2.41. The lowest BCUT2D eigenvalue weighted by Gasteiger charge is -2.24. The predicted octanol–water partition coefficient (Wildman–Crippen LogP) is 3.50. The fraction of sp³-hybridized carbons (Fsp3) is 0.333. The van der Waals surface area contributed by atoms with Gasteiger partial charge < -0.3 is 14.7 Å². The zero-order valence-electron chi connectivity index (χ0n) is 15.3. The van der Waals surface area contributed by atoms with Crippen molar-refractivity contribution in [1.29, 1.82) is 0 Å². The molecule has 148 valence electrons. The van der Waals surface area contributed by atoms with E-state index in [1.165, 1.54) is 12.1 Å². The molecule has 0 saturated carbocycles. The van der Waals surface area contributed by atoms with E-state index >= 15 is 8.78 Å². The van der Waals surface area contributed by atoms with E-state index in [1.54, 1.807) is 43.3 Å². The molecule has 1 aliphatic heterocycles. The van der Waals surface area contributed by atoms with Gasteiger partial charge in [0.15, 0.2) is 0 Å². The molecule has 2 atom stereocenters. The molecule has 0 unspecified atom stereocenters. The third-order valence-electron chi connectivity index (χ3n) is 4.95. The molecule has 2 aromatic rings. The van der Waals surface area contributed by atoms with Crippen LogP contribution in [0.3, 0.4) is 0 Å². The number of ether oxygens (including phenoxy) is 1. The number of carboxylic acids is 1. The Hall–Kier alpha value is -2.96. The van der Waals surface area contributed by atoms with Gasteiger partial charge in [-0.25, -0.2) is 0 Å². The van der Waals surface area contributed by atoms with Crippen LogP contribution in [0.5, 0.6) is 5.75 Å². The molecule has 0 radical (unpaired) electrons. The summed E-state index contributed by atoms with van der Waals surface area (Å²) in [5.74, 6) is -7.88. The molecule has 2 aromatic carbocycles. The molecule has 0 aliphatic carbocycles. The molecular formula is C21H21F2NO4.